The average molecular weight is 294 g/mol. The van der Waals surface area contributed by atoms with Gasteiger partial charge in [-0.1, -0.05) is 5.16 Å². The molecule has 0 saturated carbocycles. The van der Waals surface area contributed by atoms with Crippen LogP contribution in [0.2, 0.25) is 0 Å². The van der Waals surface area contributed by atoms with Gasteiger partial charge in [-0.25, -0.2) is 0 Å². The van der Waals surface area contributed by atoms with Crippen LogP contribution >= 0.6 is 11.8 Å². The number of carboxylic acid groups (broad SMARTS) is 1. The predicted octanol–water partition coefficient (Wildman–Crippen LogP) is -4.63. The zero-order valence-corrected chi connectivity index (χ0v) is 13.3. The second-order valence-corrected chi connectivity index (χ2v) is 5.19. The van der Waals surface area contributed by atoms with Crippen molar-refractivity contribution < 1.29 is 54.6 Å². The molecule has 0 radical (unpaired) electrons. The van der Waals surface area contributed by atoms with Crippen molar-refractivity contribution in [3.63, 3.8) is 0 Å². The molecule has 0 aromatic rings. The number of carbonyl (C=O) groups excluding carboxylic acids is 2. The predicted molar refractivity (Wildman–Crippen MR) is 60.6 cm³/mol. The number of aliphatic carboxylic acids is 1. The molecule has 1 fully saturated rings. The molecule has 2 heterocycles. The molecule has 3 atom stereocenters. The Kier molecular flexibility index (Phi) is 5.45. The van der Waals surface area contributed by atoms with Crippen molar-refractivity contribution in [3.8, 4) is 0 Å². The number of hydrogen-bond donors (Lipinski definition) is 2. The zero-order chi connectivity index (χ0) is 13.4. The standard InChI is InChI=1S/C10H12N2O5S.Na/c1-4(13)6-8(14)12-7(10(15)16)5(2-11-17)3-18-9(6)12;/h2,4,6,9,13,17H,3H2,1H3,(H,15,16);/q;+1/p-1/t4-,6+,9-;/m1./s1. The van der Waals surface area contributed by atoms with Crippen LogP contribution in [0.15, 0.2) is 16.4 Å². The largest absolute Gasteiger partial charge is 1.00 e. The van der Waals surface area contributed by atoms with E-state index in [9.17, 15) is 19.8 Å². The summed E-state index contributed by atoms with van der Waals surface area (Å²) in [4.78, 5) is 24.0. The SMILES string of the molecule is C[C@@H](O)[C@H]1C(=O)N2C(C(=O)[O-])=C(C=NO)CS[C@H]12.[Na+]. The maximum absolute atomic E-state index is 11.8. The van der Waals surface area contributed by atoms with Gasteiger partial charge in [-0.2, -0.15) is 0 Å². The van der Waals surface area contributed by atoms with E-state index < -0.39 is 29.3 Å². The first kappa shape index (κ1) is 16.5. The van der Waals surface area contributed by atoms with Crippen LogP contribution in [0.3, 0.4) is 0 Å². The van der Waals surface area contributed by atoms with Gasteiger partial charge in [0.05, 0.1) is 35.3 Å². The van der Waals surface area contributed by atoms with E-state index in [2.05, 4.69) is 5.16 Å². The van der Waals surface area contributed by atoms with E-state index >= 15 is 0 Å². The first-order chi connectivity index (χ1) is 8.49. The topological polar surface area (TPSA) is 113 Å². The van der Waals surface area contributed by atoms with E-state index in [1.165, 1.54) is 18.7 Å². The number of amides is 1. The first-order valence-corrected chi connectivity index (χ1v) is 6.28. The summed E-state index contributed by atoms with van der Waals surface area (Å²) in [6.45, 7) is 1.49. The Balaban J connectivity index is 0.00000180. The Morgan fingerprint density at radius 1 is 1.68 bits per heavy atom. The van der Waals surface area contributed by atoms with Crippen molar-refractivity contribution in [2.75, 3.05) is 5.75 Å². The summed E-state index contributed by atoms with van der Waals surface area (Å²) < 4.78 is 0. The van der Waals surface area contributed by atoms with Crippen LogP contribution in [0.5, 0.6) is 0 Å². The number of fused-ring (bicyclic) bond motifs is 1. The summed E-state index contributed by atoms with van der Waals surface area (Å²) in [6, 6.07) is 0. The van der Waals surface area contributed by atoms with E-state index in [0.29, 0.717) is 0 Å². The van der Waals surface area contributed by atoms with Crippen molar-refractivity contribution >= 4 is 29.9 Å². The van der Waals surface area contributed by atoms with E-state index in [-0.39, 0.29) is 46.6 Å². The van der Waals surface area contributed by atoms with Gasteiger partial charge in [-0.3, -0.25) is 9.69 Å². The maximum Gasteiger partial charge on any atom is 1.00 e. The number of carboxylic acids is 1. The first-order valence-electron chi connectivity index (χ1n) is 5.23. The van der Waals surface area contributed by atoms with Gasteiger partial charge in [0, 0.05) is 11.3 Å². The Hall–Kier alpha value is -0.540. The van der Waals surface area contributed by atoms with Gasteiger partial charge in [0.2, 0.25) is 5.91 Å². The molecule has 2 aliphatic rings. The third-order valence-electron chi connectivity index (χ3n) is 2.97. The third-order valence-corrected chi connectivity index (χ3v) is 4.29. The molecule has 2 aliphatic heterocycles. The molecule has 0 unspecified atom stereocenters. The molecule has 2 rings (SSSR count). The summed E-state index contributed by atoms with van der Waals surface area (Å²) >= 11 is 1.32. The minimum atomic E-state index is -1.49. The molecule has 98 valence electrons. The summed E-state index contributed by atoms with van der Waals surface area (Å²) in [5, 5.41) is 31.4. The summed E-state index contributed by atoms with van der Waals surface area (Å²) in [7, 11) is 0. The summed E-state index contributed by atoms with van der Waals surface area (Å²) in [5.74, 6) is -2.26. The van der Waals surface area contributed by atoms with Crippen LogP contribution in [0.4, 0.5) is 0 Å². The Morgan fingerprint density at radius 2 is 2.32 bits per heavy atom. The molecule has 0 aromatic carbocycles. The van der Waals surface area contributed by atoms with Crippen molar-refractivity contribution in [2.45, 2.75) is 18.4 Å². The molecule has 0 aromatic heterocycles. The molecular weight excluding hydrogens is 283 g/mol. The van der Waals surface area contributed by atoms with Gasteiger partial charge >= 0.3 is 29.6 Å². The number of carbonyl (C=O) groups is 2. The smallest absolute Gasteiger partial charge is 0.543 e. The molecule has 19 heavy (non-hydrogen) atoms. The monoisotopic (exact) mass is 294 g/mol. The number of rotatable bonds is 3. The fraction of sp³-hybridized carbons (Fsp3) is 0.500. The van der Waals surface area contributed by atoms with Gasteiger partial charge in [-0.05, 0) is 6.92 Å². The fourth-order valence-corrected chi connectivity index (χ4v) is 3.61. The number of nitrogens with zero attached hydrogens (tertiary/aromatic N) is 2. The van der Waals surface area contributed by atoms with E-state index in [1.54, 1.807) is 0 Å². The summed E-state index contributed by atoms with van der Waals surface area (Å²) in [5.41, 5.74) is -0.0606. The van der Waals surface area contributed by atoms with Crippen molar-refractivity contribution in [1.82, 2.24) is 4.90 Å². The number of aliphatic hydroxyl groups excluding tert-OH is 1. The number of thioether (sulfide) groups is 1. The number of aliphatic hydroxyl groups is 1. The molecule has 2 N–H and O–H groups in total. The number of oxime groups is 1. The van der Waals surface area contributed by atoms with Crippen molar-refractivity contribution in [3.05, 3.63) is 11.3 Å². The normalized spacial score (nSPS) is 27.7. The van der Waals surface area contributed by atoms with Gasteiger partial charge in [0.15, 0.2) is 0 Å². The molecule has 9 heteroatoms. The minimum absolute atomic E-state index is 0. The molecule has 0 spiro atoms. The van der Waals surface area contributed by atoms with Crippen molar-refractivity contribution in [1.29, 1.82) is 0 Å². The Labute approximate surface area is 135 Å². The molecule has 0 aliphatic carbocycles. The quantitative estimate of drug-likeness (QED) is 0.178. The van der Waals surface area contributed by atoms with Crippen molar-refractivity contribution in [2.24, 2.45) is 11.1 Å². The Bertz CT molecular complexity index is 465. The second-order valence-electron chi connectivity index (χ2n) is 4.08. The zero-order valence-electron chi connectivity index (χ0n) is 10.4. The minimum Gasteiger partial charge on any atom is -0.543 e. The van der Waals surface area contributed by atoms with Gasteiger partial charge < -0.3 is 20.2 Å². The van der Waals surface area contributed by atoms with E-state index in [0.717, 1.165) is 11.1 Å². The summed E-state index contributed by atoms with van der Waals surface area (Å²) in [6.07, 6.45) is 0.152. The van der Waals surface area contributed by atoms with Crippen LogP contribution in [0, 0.1) is 5.92 Å². The molecule has 7 nitrogen and oxygen atoms in total. The average Bonchev–Trinajstić information content (AvgIpc) is 2.28. The van der Waals surface area contributed by atoms with Crippen LogP contribution in [0.25, 0.3) is 0 Å². The third kappa shape index (κ3) is 2.68. The fourth-order valence-electron chi connectivity index (χ4n) is 2.14. The molecule has 0 bridgehead atoms. The van der Waals surface area contributed by atoms with E-state index in [4.69, 9.17) is 5.21 Å². The number of β-lactam (4-membered cyclic amide) rings is 1. The van der Waals surface area contributed by atoms with Gasteiger partial charge in [-0.15, -0.1) is 11.8 Å². The van der Waals surface area contributed by atoms with Crippen LogP contribution < -0.4 is 34.7 Å². The van der Waals surface area contributed by atoms with E-state index in [1.807, 2.05) is 0 Å². The van der Waals surface area contributed by atoms with Crippen LogP contribution in [0.1, 0.15) is 6.92 Å². The molecule has 1 amide bonds. The second kappa shape index (κ2) is 6.27. The Morgan fingerprint density at radius 3 is 2.79 bits per heavy atom. The van der Waals surface area contributed by atoms with Gasteiger partial charge in [0.1, 0.15) is 0 Å². The maximum atomic E-state index is 11.8. The number of hydrogen-bond acceptors (Lipinski definition) is 7. The molecule has 1 saturated heterocycles. The van der Waals surface area contributed by atoms with Crippen LogP contribution in [-0.4, -0.2) is 50.5 Å². The molecular formula is C10H11N2NaO5S. The van der Waals surface area contributed by atoms with Crippen LogP contribution in [-0.2, 0) is 9.59 Å². The van der Waals surface area contributed by atoms with Gasteiger partial charge in [0.25, 0.3) is 0 Å².